The molecule has 24 heavy (non-hydrogen) atoms. The Balaban J connectivity index is 5.34. The summed E-state index contributed by atoms with van der Waals surface area (Å²) in [4.78, 5) is 44.9. The topological polar surface area (TPSA) is 114 Å². The lowest BCUT2D eigenvalue weighted by molar-refractivity contribution is -0.188. The molecule has 0 N–H and O–H groups in total. The third kappa shape index (κ3) is 9.78. The van der Waals surface area contributed by atoms with Crippen molar-refractivity contribution in [1.82, 2.24) is 0 Å². The number of esters is 4. The van der Waals surface area contributed by atoms with Crippen LogP contribution in [0.15, 0.2) is 0 Å². The molecule has 0 bridgehead atoms. The lowest BCUT2D eigenvalue weighted by Gasteiger charge is -2.31. The fraction of sp³-hybridized carbons (Fsp3) is 0.733. The van der Waals surface area contributed by atoms with Gasteiger partial charge in [-0.05, 0) is 0 Å². The molecule has 0 spiro atoms. The van der Waals surface area contributed by atoms with Crippen LogP contribution in [0.3, 0.4) is 0 Å². The van der Waals surface area contributed by atoms with Gasteiger partial charge in [-0.25, -0.2) is 0 Å². The van der Waals surface area contributed by atoms with E-state index in [0.29, 0.717) is 0 Å². The van der Waals surface area contributed by atoms with Gasteiger partial charge in [-0.3, -0.25) is 19.2 Å². The van der Waals surface area contributed by atoms with Crippen molar-refractivity contribution in [1.29, 1.82) is 0 Å². The Morgan fingerprint density at radius 2 is 1.25 bits per heavy atom. The van der Waals surface area contributed by atoms with Gasteiger partial charge in [0.15, 0.2) is 12.2 Å². The van der Waals surface area contributed by atoms with Crippen LogP contribution >= 0.6 is 0 Å². The van der Waals surface area contributed by atoms with Crippen LogP contribution in [0.25, 0.3) is 0 Å². The standard InChI is InChI=1S/C15H24O9/c1-9(16)21-7-6-13(22-10(2)17)15(24-12(4)19)14(8-20-5)23-11(3)18/h13-15H,6-8H2,1-5H3. The highest BCUT2D eigenvalue weighted by Crippen LogP contribution is 2.17. The molecule has 138 valence electrons. The Labute approximate surface area is 140 Å². The van der Waals surface area contributed by atoms with Crippen molar-refractivity contribution in [2.75, 3.05) is 20.3 Å². The van der Waals surface area contributed by atoms with Crippen LogP contribution in [-0.4, -0.2) is 62.5 Å². The van der Waals surface area contributed by atoms with Crippen molar-refractivity contribution in [3.8, 4) is 0 Å². The average molecular weight is 348 g/mol. The molecule has 9 heteroatoms. The molecule has 0 aliphatic carbocycles. The van der Waals surface area contributed by atoms with Crippen molar-refractivity contribution < 1.29 is 42.9 Å². The zero-order valence-corrected chi connectivity index (χ0v) is 14.5. The number of rotatable bonds is 10. The van der Waals surface area contributed by atoms with Crippen LogP contribution in [0.2, 0.25) is 0 Å². The zero-order valence-electron chi connectivity index (χ0n) is 14.5. The van der Waals surface area contributed by atoms with Gasteiger partial charge in [0.2, 0.25) is 0 Å². The molecule has 0 heterocycles. The van der Waals surface area contributed by atoms with Crippen LogP contribution in [-0.2, 0) is 42.9 Å². The molecule has 0 rings (SSSR count). The first-order valence-electron chi connectivity index (χ1n) is 7.31. The van der Waals surface area contributed by atoms with E-state index < -0.39 is 42.2 Å². The molecule has 0 saturated carbocycles. The summed E-state index contributed by atoms with van der Waals surface area (Å²) in [7, 11) is 1.38. The molecular formula is C15H24O9. The highest BCUT2D eigenvalue weighted by atomic mass is 16.6. The molecule has 9 nitrogen and oxygen atoms in total. The van der Waals surface area contributed by atoms with E-state index in [2.05, 4.69) is 0 Å². The van der Waals surface area contributed by atoms with Gasteiger partial charge >= 0.3 is 23.9 Å². The fourth-order valence-corrected chi connectivity index (χ4v) is 1.98. The molecule has 0 aromatic heterocycles. The highest BCUT2D eigenvalue weighted by Gasteiger charge is 2.37. The molecular weight excluding hydrogens is 324 g/mol. The van der Waals surface area contributed by atoms with E-state index in [0.717, 1.165) is 0 Å². The van der Waals surface area contributed by atoms with E-state index in [1.54, 1.807) is 0 Å². The first kappa shape index (κ1) is 21.8. The van der Waals surface area contributed by atoms with Gasteiger partial charge in [-0.1, -0.05) is 0 Å². The first-order chi connectivity index (χ1) is 11.2. The Bertz CT molecular complexity index is 446. The Morgan fingerprint density at radius 3 is 1.67 bits per heavy atom. The minimum atomic E-state index is -1.11. The average Bonchev–Trinajstić information content (AvgIpc) is 2.42. The van der Waals surface area contributed by atoms with Crippen molar-refractivity contribution in [2.45, 2.75) is 52.4 Å². The summed E-state index contributed by atoms with van der Waals surface area (Å²) in [5.41, 5.74) is 0. The van der Waals surface area contributed by atoms with Gasteiger partial charge in [0.25, 0.3) is 0 Å². The molecule has 0 aliphatic rings. The maximum absolute atomic E-state index is 11.4. The summed E-state index contributed by atoms with van der Waals surface area (Å²) in [6, 6.07) is 0. The summed E-state index contributed by atoms with van der Waals surface area (Å²) < 4.78 is 25.2. The predicted octanol–water partition coefficient (Wildman–Crippen LogP) is 0.381. The predicted molar refractivity (Wildman–Crippen MR) is 79.8 cm³/mol. The Kier molecular flexibility index (Phi) is 10.4. The summed E-state index contributed by atoms with van der Waals surface area (Å²) in [5.74, 6) is -2.40. The molecule has 0 aliphatic heterocycles. The molecule has 0 aromatic carbocycles. The van der Waals surface area contributed by atoms with E-state index in [1.165, 1.54) is 34.8 Å². The van der Waals surface area contributed by atoms with E-state index in [4.69, 9.17) is 23.7 Å². The van der Waals surface area contributed by atoms with Crippen molar-refractivity contribution in [2.24, 2.45) is 0 Å². The van der Waals surface area contributed by atoms with E-state index >= 15 is 0 Å². The normalized spacial score (nSPS) is 14.0. The van der Waals surface area contributed by atoms with E-state index in [-0.39, 0.29) is 19.6 Å². The second-order valence-electron chi connectivity index (χ2n) is 4.95. The molecule has 3 unspecified atom stereocenters. The molecule has 0 fully saturated rings. The summed E-state index contributed by atoms with van der Waals surface area (Å²) >= 11 is 0. The quantitative estimate of drug-likeness (QED) is 0.408. The highest BCUT2D eigenvalue weighted by molar-refractivity contribution is 5.68. The molecule has 3 atom stereocenters. The molecule has 0 saturated heterocycles. The minimum Gasteiger partial charge on any atom is -0.466 e. The summed E-state index contributed by atoms with van der Waals surface area (Å²) in [5, 5.41) is 0. The number of ether oxygens (including phenoxy) is 5. The van der Waals surface area contributed by atoms with Crippen molar-refractivity contribution >= 4 is 23.9 Å². The van der Waals surface area contributed by atoms with Gasteiger partial charge in [0.1, 0.15) is 6.10 Å². The second kappa shape index (κ2) is 11.4. The maximum Gasteiger partial charge on any atom is 0.303 e. The number of carbonyl (C=O) groups excluding carboxylic acids is 4. The summed E-state index contributed by atoms with van der Waals surface area (Å²) in [6.45, 7) is 4.63. The van der Waals surface area contributed by atoms with Gasteiger partial charge in [-0.2, -0.15) is 0 Å². The van der Waals surface area contributed by atoms with Crippen LogP contribution in [0, 0.1) is 0 Å². The van der Waals surface area contributed by atoms with Gasteiger partial charge < -0.3 is 23.7 Å². The van der Waals surface area contributed by atoms with E-state index in [9.17, 15) is 19.2 Å². The summed E-state index contributed by atoms with van der Waals surface area (Å²) in [6.07, 6.45) is -3.02. The first-order valence-corrected chi connectivity index (χ1v) is 7.31. The number of hydrogen-bond donors (Lipinski definition) is 0. The Morgan fingerprint density at radius 1 is 0.750 bits per heavy atom. The largest absolute Gasteiger partial charge is 0.466 e. The monoisotopic (exact) mass is 348 g/mol. The number of methoxy groups -OCH3 is 1. The van der Waals surface area contributed by atoms with Crippen molar-refractivity contribution in [3.05, 3.63) is 0 Å². The molecule has 0 radical (unpaired) electrons. The zero-order chi connectivity index (χ0) is 18.7. The second-order valence-corrected chi connectivity index (χ2v) is 4.95. The lowest BCUT2D eigenvalue weighted by Crippen LogP contribution is -2.47. The third-order valence-corrected chi connectivity index (χ3v) is 2.71. The fourth-order valence-electron chi connectivity index (χ4n) is 1.98. The van der Waals surface area contributed by atoms with Crippen LogP contribution in [0.1, 0.15) is 34.1 Å². The number of hydrogen-bond acceptors (Lipinski definition) is 9. The molecule has 0 aromatic rings. The van der Waals surface area contributed by atoms with E-state index in [1.807, 2.05) is 0 Å². The van der Waals surface area contributed by atoms with Crippen LogP contribution in [0.4, 0.5) is 0 Å². The number of carbonyl (C=O) groups is 4. The van der Waals surface area contributed by atoms with Crippen LogP contribution < -0.4 is 0 Å². The SMILES string of the molecule is COCC(OC(C)=O)C(OC(C)=O)C(CCOC(C)=O)OC(C)=O. The van der Waals surface area contributed by atoms with Gasteiger partial charge in [0.05, 0.1) is 13.2 Å². The van der Waals surface area contributed by atoms with Crippen LogP contribution in [0.5, 0.6) is 0 Å². The molecule has 0 amide bonds. The van der Waals surface area contributed by atoms with Crippen molar-refractivity contribution in [3.63, 3.8) is 0 Å². The maximum atomic E-state index is 11.4. The third-order valence-electron chi connectivity index (χ3n) is 2.71. The van der Waals surface area contributed by atoms with Gasteiger partial charge in [0, 0.05) is 41.2 Å². The Hall–Kier alpha value is -2.16. The lowest BCUT2D eigenvalue weighted by atomic mass is 10.0. The van der Waals surface area contributed by atoms with Gasteiger partial charge in [-0.15, -0.1) is 0 Å². The smallest absolute Gasteiger partial charge is 0.303 e. The minimum absolute atomic E-state index is 0.0542.